The monoisotopic (exact) mass is 396 g/mol. The number of aryl methyl sites for hydroxylation is 1. The summed E-state index contributed by atoms with van der Waals surface area (Å²) in [4.78, 5) is 1.98. The maximum atomic E-state index is 9.91. The molecule has 2 aromatic rings. The lowest BCUT2D eigenvalue weighted by Gasteiger charge is -2.32. The van der Waals surface area contributed by atoms with E-state index in [1.54, 1.807) is 0 Å². The van der Waals surface area contributed by atoms with Gasteiger partial charge in [-0.2, -0.15) is 0 Å². The summed E-state index contributed by atoms with van der Waals surface area (Å²) >= 11 is 17.8. The van der Waals surface area contributed by atoms with Gasteiger partial charge in [0, 0.05) is 19.6 Å². The topological polar surface area (TPSA) is 55.7 Å². The zero-order valence-corrected chi connectivity index (χ0v) is 16.0. The molecule has 132 valence electrons. The fourth-order valence-electron chi connectivity index (χ4n) is 2.87. The van der Waals surface area contributed by atoms with E-state index in [1.165, 1.54) is 5.56 Å². The summed E-state index contributed by atoms with van der Waals surface area (Å²) in [5.74, 6) is -0.746. The van der Waals surface area contributed by atoms with Gasteiger partial charge in [-0.3, -0.25) is 0 Å². The molecule has 4 nitrogen and oxygen atoms in total. The third-order valence-corrected chi connectivity index (χ3v) is 5.58. The molecular weight excluding hydrogens is 379 g/mol. The Bertz CT molecular complexity index is 825. The van der Waals surface area contributed by atoms with Crippen LogP contribution >= 0.6 is 35.4 Å². The van der Waals surface area contributed by atoms with E-state index in [0.717, 1.165) is 11.1 Å². The van der Waals surface area contributed by atoms with Crippen molar-refractivity contribution in [3.8, 4) is 11.5 Å². The van der Waals surface area contributed by atoms with Gasteiger partial charge in [-0.25, -0.2) is 0 Å². The standard InChI is InChI=1S/C18H18Cl2N2O2S/c1-10-2-4-11(5-3-10)8-21-18(25)22-7-6-12-13(9-22)15(20)17(24)16(23)14(12)19/h2-5,23-24H,6-9H2,1H3,(H,21,25). The molecule has 0 bridgehead atoms. The Hall–Kier alpha value is -1.69. The lowest BCUT2D eigenvalue weighted by Crippen LogP contribution is -2.42. The molecule has 0 unspecified atom stereocenters. The number of halogens is 2. The van der Waals surface area contributed by atoms with Gasteiger partial charge in [0.15, 0.2) is 16.6 Å². The fourth-order valence-corrected chi connectivity index (χ4v) is 3.66. The Kier molecular flexibility index (Phi) is 5.27. The molecule has 0 atom stereocenters. The molecule has 0 aliphatic carbocycles. The molecule has 0 spiro atoms. The average molecular weight is 397 g/mol. The molecule has 0 saturated carbocycles. The van der Waals surface area contributed by atoms with Crippen LogP contribution in [-0.2, 0) is 19.5 Å². The first-order valence-electron chi connectivity index (χ1n) is 7.87. The van der Waals surface area contributed by atoms with Crippen molar-refractivity contribution in [3.63, 3.8) is 0 Å². The lowest BCUT2D eigenvalue weighted by molar-refractivity contribution is 0.375. The van der Waals surface area contributed by atoms with E-state index in [-0.39, 0.29) is 21.5 Å². The van der Waals surface area contributed by atoms with Crippen LogP contribution in [0.15, 0.2) is 24.3 Å². The van der Waals surface area contributed by atoms with Crippen LogP contribution < -0.4 is 5.32 Å². The third-order valence-electron chi connectivity index (χ3n) is 4.37. The molecular formula is C18H18Cl2N2O2S. The van der Waals surface area contributed by atoms with Gasteiger partial charge in [0.05, 0.1) is 10.0 Å². The van der Waals surface area contributed by atoms with Crippen molar-refractivity contribution in [2.24, 2.45) is 0 Å². The second-order valence-corrected chi connectivity index (χ2v) is 7.24. The maximum Gasteiger partial charge on any atom is 0.178 e. The number of thiocarbonyl (C=S) groups is 1. The third kappa shape index (κ3) is 3.64. The van der Waals surface area contributed by atoms with Crippen LogP contribution in [0.5, 0.6) is 11.5 Å². The number of rotatable bonds is 2. The zero-order chi connectivity index (χ0) is 18.1. The van der Waals surface area contributed by atoms with Crippen molar-refractivity contribution in [3.05, 3.63) is 56.6 Å². The first-order chi connectivity index (χ1) is 11.9. The van der Waals surface area contributed by atoms with E-state index in [2.05, 4.69) is 36.5 Å². The second-order valence-electron chi connectivity index (χ2n) is 6.10. The Morgan fingerprint density at radius 3 is 2.36 bits per heavy atom. The summed E-state index contributed by atoms with van der Waals surface area (Å²) in [5.41, 5.74) is 3.83. The summed E-state index contributed by atoms with van der Waals surface area (Å²) in [7, 11) is 0. The Morgan fingerprint density at radius 1 is 1.12 bits per heavy atom. The fraction of sp³-hybridized carbons (Fsp3) is 0.278. The van der Waals surface area contributed by atoms with Gasteiger partial charge >= 0.3 is 0 Å². The number of benzene rings is 2. The van der Waals surface area contributed by atoms with Crippen LogP contribution in [0.4, 0.5) is 0 Å². The van der Waals surface area contributed by atoms with Crippen molar-refractivity contribution >= 4 is 40.5 Å². The number of phenolic OH excluding ortho intramolecular Hbond substituents is 2. The van der Waals surface area contributed by atoms with Gasteiger partial charge in [-0.05, 0) is 42.3 Å². The maximum absolute atomic E-state index is 9.91. The lowest BCUT2D eigenvalue weighted by atomic mass is 9.98. The van der Waals surface area contributed by atoms with Crippen molar-refractivity contribution in [2.75, 3.05) is 6.54 Å². The number of nitrogens with one attached hydrogen (secondary N) is 1. The normalized spacial score (nSPS) is 13.5. The molecule has 0 amide bonds. The number of fused-ring (bicyclic) bond motifs is 1. The molecule has 3 N–H and O–H groups in total. The van der Waals surface area contributed by atoms with E-state index in [9.17, 15) is 10.2 Å². The van der Waals surface area contributed by atoms with E-state index < -0.39 is 0 Å². The summed E-state index contributed by atoms with van der Waals surface area (Å²) in [5, 5.41) is 23.9. The van der Waals surface area contributed by atoms with Crippen LogP contribution in [0.2, 0.25) is 10.0 Å². The SMILES string of the molecule is Cc1ccc(CNC(=S)N2CCc3c(Cl)c(O)c(O)c(Cl)c3C2)cc1. The van der Waals surface area contributed by atoms with Gasteiger partial charge in [0.1, 0.15) is 0 Å². The average Bonchev–Trinajstić information content (AvgIpc) is 2.63. The van der Waals surface area contributed by atoms with Crippen molar-refractivity contribution in [1.29, 1.82) is 0 Å². The number of hydrogen-bond acceptors (Lipinski definition) is 3. The molecule has 25 heavy (non-hydrogen) atoms. The predicted octanol–water partition coefficient (Wildman–Crippen LogP) is 4.15. The van der Waals surface area contributed by atoms with Crippen molar-refractivity contribution in [2.45, 2.75) is 26.4 Å². The second kappa shape index (κ2) is 7.28. The summed E-state index contributed by atoms with van der Waals surface area (Å²) in [6, 6.07) is 8.25. The molecule has 1 aliphatic rings. The molecule has 3 rings (SSSR count). The summed E-state index contributed by atoms with van der Waals surface area (Å²) in [6.45, 7) is 3.78. The molecule has 7 heteroatoms. The number of phenols is 2. The zero-order valence-electron chi connectivity index (χ0n) is 13.6. The summed E-state index contributed by atoms with van der Waals surface area (Å²) in [6.07, 6.45) is 0.591. The molecule has 0 aromatic heterocycles. The van der Waals surface area contributed by atoms with Gasteiger partial charge in [-0.1, -0.05) is 53.0 Å². The Balaban J connectivity index is 1.72. The van der Waals surface area contributed by atoms with Gasteiger partial charge in [0.25, 0.3) is 0 Å². The minimum Gasteiger partial charge on any atom is -0.503 e. The van der Waals surface area contributed by atoms with Crippen LogP contribution in [-0.4, -0.2) is 26.8 Å². The van der Waals surface area contributed by atoms with E-state index in [4.69, 9.17) is 35.4 Å². The highest BCUT2D eigenvalue weighted by molar-refractivity contribution is 7.80. The van der Waals surface area contributed by atoms with E-state index in [1.807, 2.05) is 4.90 Å². The minimum atomic E-state index is -0.384. The van der Waals surface area contributed by atoms with Crippen LogP contribution in [0.3, 0.4) is 0 Å². The number of hydrogen-bond donors (Lipinski definition) is 3. The van der Waals surface area contributed by atoms with Crippen LogP contribution in [0, 0.1) is 6.92 Å². The first kappa shape index (κ1) is 18.1. The highest BCUT2D eigenvalue weighted by Gasteiger charge is 2.27. The van der Waals surface area contributed by atoms with Gasteiger partial charge in [-0.15, -0.1) is 0 Å². The first-order valence-corrected chi connectivity index (χ1v) is 9.04. The molecule has 0 fully saturated rings. The number of aromatic hydroxyl groups is 2. The largest absolute Gasteiger partial charge is 0.503 e. The molecule has 0 saturated heterocycles. The number of nitrogens with zero attached hydrogens (tertiary/aromatic N) is 1. The van der Waals surface area contributed by atoms with E-state index in [0.29, 0.717) is 36.7 Å². The Morgan fingerprint density at radius 2 is 1.72 bits per heavy atom. The molecule has 1 aliphatic heterocycles. The molecule has 2 aromatic carbocycles. The van der Waals surface area contributed by atoms with Gasteiger partial charge < -0.3 is 20.4 Å². The predicted molar refractivity (Wildman–Crippen MR) is 105 cm³/mol. The van der Waals surface area contributed by atoms with Gasteiger partial charge in [0.2, 0.25) is 0 Å². The molecule has 0 radical (unpaired) electrons. The Labute approximate surface area is 162 Å². The summed E-state index contributed by atoms with van der Waals surface area (Å²) < 4.78 is 0. The minimum absolute atomic E-state index is 0.128. The highest BCUT2D eigenvalue weighted by atomic mass is 35.5. The highest BCUT2D eigenvalue weighted by Crippen LogP contribution is 2.46. The van der Waals surface area contributed by atoms with Crippen LogP contribution in [0.1, 0.15) is 22.3 Å². The quantitative estimate of drug-likeness (QED) is 0.525. The molecule has 1 heterocycles. The van der Waals surface area contributed by atoms with Crippen molar-refractivity contribution < 1.29 is 10.2 Å². The smallest absolute Gasteiger partial charge is 0.178 e. The van der Waals surface area contributed by atoms with Crippen LogP contribution in [0.25, 0.3) is 0 Å². The van der Waals surface area contributed by atoms with E-state index >= 15 is 0 Å². The van der Waals surface area contributed by atoms with Crippen molar-refractivity contribution in [1.82, 2.24) is 10.2 Å².